The molecule has 1 fully saturated rings. The zero-order valence-corrected chi connectivity index (χ0v) is 17.9. The highest BCUT2D eigenvalue weighted by molar-refractivity contribution is 5.92. The van der Waals surface area contributed by atoms with Crippen LogP contribution in [0.3, 0.4) is 0 Å². The monoisotopic (exact) mass is 419 g/mol. The van der Waals surface area contributed by atoms with E-state index in [4.69, 9.17) is 9.47 Å². The highest BCUT2D eigenvalue weighted by atomic mass is 35.5. The second kappa shape index (κ2) is 11.5. The lowest BCUT2D eigenvalue weighted by Gasteiger charge is -2.26. The summed E-state index contributed by atoms with van der Waals surface area (Å²) in [6.45, 7) is 3.51. The van der Waals surface area contributed by atoms with Gasteiger partial charge in [0.25, 0.3) is 0 Å². The van der Waals surface area contributed by atoms with Gasteiger partial charge >= 0.3 is 0 Å². The molecule has 158 valence electrons. The van der Waals surface area contributed by atoms with Gasteiger partial charge in [-0.05, 0) is 55.4 Å². The summed E-state index contributed by atoms with van der Waals surface area (Å²) >= 11 is 0. The Kier molecular flexibility index (Phi) is 9.06. The van der Waals surface area contributed by atoms with Gasteiger partial charge in [-0.2, -0.15) is 0 Å². The molecule has 0 spiro atoms. The lowest BCUT2D eigenvalue weighted by atomic mass is 9.87. The van der Waals surface area contributed by atoms with Crippen LogP contribution in [-0.2, 0) is 11.3 Å². The van der Waals surface area contributed by atoms with Gasteiger partial charge in [0.1, 0.15) is 6.61 Å². The fourth-order valence-corrected chi connectivity index (χ4v) is 3.41. The summed E-state index contributed by atoms with van der Waals surface area (Å²) in [6, 6.07) is 5.96. The molecule has 1 aliphatic rings. The van der Waals surface area contributed by atoms with E-state index in [2.05, 4.69) is 17.2 Å². The number of aromatic nitrogens is 2. The summed E-state index contributed by atoms with van der Waals surface area (Å²) in [7, 11) is 1.61. The number of rotatable bonds is 8. The summed E-state index contributed by atoms with van der Waals surface area (Å²) in [4.78, 5) is 16.2. The third-order valence-corrected chi connectivity index (χ3v) is 5.14. The van der Waals surface area contributed by atoms with Gasteiger partial charge < -0.3 is 19.4 Å². The molecule has 1 aromatic heterocycles. The van der Waals surface area contributed by atoms with Gasteiger partial charge in [-0.1, -0.05) is 13.0 Å². The van der Waals surface area contributed by atoms with Gasteiger partial charge in [0.15, 0.2) is 11.5 Å². The Labute approximate surface area is 178 Å². The van der Waals surface area contributed by atoms with E-state index in [-0.39, 0.29) is 18.3 Å². The average molecular weight is 420 g/mol. The van der Waals surface area contributed by atoms with Crippen LogP contribution in [0.15, 0.2) is 43.0 Å². The van der Waals surface area contributed by atoms with Crippen molar-refractivity contribution in [3.63, 3.8) is 0 Å². The number of ether oxygens (including phenoxy) is 2. The number of carbonyl (C=O) groups excluding carboxylic acids is 1. The predicted octanol–water partition coefficient (Wildman–Crippen LogP) is 4.10. The zero-order valence-electron chi connectivity index (χ0n) is 17.0. The fourth-order valence-electron chi connectivity index (χ4n) is 3.41. The Morgan fingerprint density at radius 1 is 1.28 bits per heavy atom. The Morgan fingerprint density at radius 2 is 2.07 bits per heavy atom. The number of hydrogen-bond donors (Lipinski definition) is 1. The topological polar surface area (TPSA) is 65.4 Å². The van der Waals surface area contributed by atoms with Crippen LogP contribution in [0.2, 0.25) is 0 Å². The maximum Gasteiger partial charge on any atom is 0.244 e. The van der Waals surface area contributed by atoms with Crippen LogP contribution in [0, 0.1) is 5.92 Å². The molecule has 1 N–H and O–H groups in total. The zero-order chi connectivity index (χ0) is 19.8. The summed E-state index contributed by atoms with van der Waals surface area (Å²) in [5.74, 6) is 2.06. The molecule has 0 atom stereocenters. The Hall–Kier alpha value is -2.47. The van der Waals surface area contributed by atoms with Crippen molar-refractivity contribution >= 4 is 24.4 Å². The fraction of sp³-hybridized carbons (Fsp3) is 0.455. The molecular formula is C22H30ClN3O3. The molecule has 29 heavy (non-hydrogen) atoms. The van der Waals surface area contributed by atoms with Crippen LogP contribution < -0.4 is 14.8 Å². The lowest BCUT2D eigenvalue weighted by Crippen LogP contribution is -2.36. The number of hydrogen-bond acceptors (Lipinski definition) is 4. The van der Waals surface area contributed by atoms with E-state index in [1.807, 2.05) is 29.0 Å². The van der Waals surface area contributed by atoms with Crippen molar-refractivity contribution in [2.24, 2.45) is 5.92 Å². The van der Waals surface area contributed by atoms with Crippen molar-refractivity contribution in [3.05, 3.63) is 48.6 Å². The highest BCUT2D eigenvalue weighted by Crippen LogP contribution is 2.28. The first-order valence-electron chi connectivity index (χ1n) is 9.89. The van der Waals surface area contributed by atoms with Gasteiger partial charge in [-0.25, -0.2) is 4.98 Å². The molecule has 6 nitrogen and oxygen atoms in total. The maximum atomic E-state index is 12.2. The van der Waals surface area contributed by atoms with E-state index >= 15 is 0 Å². The van der Waals surface area contributed by atoms with Crippen LogP contribution in [0.4, 0.5) is 0 Å². The predicted molar refractivity (Wildman–Crippen MR) is 117 cm³/mol. The molecule has 1 heterocycles. The smallest absolute Gasteiger partial charge is 0.244 e. The molecule has 7 heteroatoms. The first-order valence-corrected chi connectivity index (χ1v) is 9.89. The van der Waals surface area contributed by atoms with Crippen molar-refractivity contribution in [2.45, 2.75) is 45.2 Å². The van der Waals surface area contributed by atoms with Crippen LogP contribution >= 0.6 is 12.4 Å². The minimum Gasteiger partial charge on any atom is -0.493 e. The maximum absolute atomic E-state index is 12.2. The highest BCUT2D eigenvalue weighted by Gasteiger charge is 2.18. The molecule has 0 unspecified atom stereocenters. The summed E-state index contributed by atoms with van der Waals surface area (Å²) in [5.41, 5.74) is 0.895. The van der Waals surface area contributed by atoms with Gasteiger partial charge in [0.2, 0.25) is 5.91 Å². The SMILES string of the molecule is COc1cc(/C=C/C(=O)N[C@H]2CC[C@H](C)CC2)ccc1OCCn1ccnc1.Cl. The van der Waals surface area contributed by atoms with Gasteiger partial charge in [0, 0.05) is 24.5 Å². The number of methoxy groups -OCH3 is 1. The number of benzene rings is 1. The molecule has 2 aromatic rings. The molecule has 1 amide bonds. The molecule has 0 radical (unpaired) electrons. The van der Waals surface area contributed by atoms with E-state index < -0.39 is 0 Å². The van der Waals surface area contributed by atoms with Gasteiger partial charge in [-0.15, -0.1) is 12.4 Å². The summed E-state index contributed by atoms with van der Waals surface area (Å²) in [5, 5.41) is 3.10. The molecule has 0 aliphatic heterocycles. The standard InChI is InChI=1S/C22H29N3O3.ClH/c1-17-3-7-19(8-4-17)24-22(26)10-6-18-5-9-20(21(15-18)27-2)28-14-13-25-12-11-23-16-25;/h5-6,9-12,15-17,19H,3-4,7-8,13-14H2,1-2H3,(H,24,26);1H/b10-6+;/t17-,19-;. The molecule has 3 rings (SSSR count). The number of imidazole rings is 1. The number of nitrogens with one attached hydrogen (secondary N) is 1. The number of carbonyl (C=O) groups is 1. The largest absolute Gasteiger partial charge is 0.493 e. The van der Waals surface area contributed by atoms with Gasteiger partial charge in [-0.3, -0.25) is 4.79 Å². The first-order chi connectivity index (χ1) is 13.6. The third-order valence-electron chi connectivity index (χ3n) is 5.14. The van der Waals surface area contributed by atoms with E-state index in [1.54, 1.807) is 31.8 Å². The second-order valence-electron chi connectivity index (χ2n) is 7.36. The summed E-state index contributed by atoms with van der Waals surface area (Å²) < 4.78 is 13.2. The Balaban J connectivity index is 0.00000300. The van der Waals surface area contributed by atoms with Crippen LogP contribution in [0.25, 0.3) is 6.08 Å². The van der Waals surface area contributed by atoms with E-state index in [0.29, 0.717) is 30.7 Å². The first kappa shape index (κ1) is 22.8. The van der Waals surface area contributed by atoms with Crippen molar-refractivity contribution in [2.75, 3.05) is 13.7 Å². The third kappa shape index (κ3) is 7.13. The Bertz CT molecular complexity index is 785. The van der Waals surface area contributed by atoms with Crippen LogP contribution in [0.5, 0.6) is 11.5 Å². The summed E-state index contributed by atoms with van der Waals surface area (Å²) in [6.07, 6.45) is 13.3. The van der Waals surface area contributed by atoms with E-state index in [9.17, 15) is 4.79 Å². The van der Waals surface area contributed by atoms with Crippen LogP contribution in [0.1, 0.15) is 38.2 Å². The molecule has 0 saturated heterocycles. The quantitative estimate of drug-likeness (QED) is 0.654. The molecule has 1 aromatic carbocycles. The minimum absolute atomic E-state index is 0. The van der Waals surface area contributed by atoms with Crippen molar-refractivity contribution in [1.29, 1.82) is 0 Å². The number of halogens is 1. The van der Waals surface area contributed by atoms with Crippen molar-refractivity contribution in [1.82, 2.24) is 14.9 Å². The molecule has 0 bridgehead atoms. The van der Waals surface area contributed by atoms with Gasteiger partial charge in [0.05, 0.1) is 20.0 Å². The Morgan fingerprint density at radius 3 is 2.76 bits per heavy atom. The van der Waals surface area contributed by atoms with Crippen molar-refractivity contribution < 1.29 is 14.3 Å². The van der Waals surface area contributed by atoms with E-state index in [0.717, 1.165) is 24.3 Å². The number of amides is 1. The van der Waals surface area contributed by atoms with E-state index in [1.165, 1.54) is 12.8 Å². The second-order valence-corrected chi connectivity index (χ2v) is 7.36. The molecule has 1 saturated carbocycles. The molecule has 1 aliphatic carbocycles. The van der Waals surface area contributed by atoms with Crippen LogP contribution in [-0.4, -0.2) is 35.2 Å². The number of nitrogens with zero attached hydrogens (tertiary/aromatic N) is 2. The van der Waals surface area contributed by atoms with Crippen molar-refractivity contribution in [3.8, 4) is 11.5 Å². The normalized spacial score (nSPS) is 18.8. The molecular weight excluding hydrogens is 390 g/mol. The lowest BCUT2D eigenvalue weighted by molar-refractivity contribution is -0.117. The average Bonchev–Trinajstić information content (AvgIpc) is 3.22. The minimum atomic E-state index is -0.0424.